The number of carbonyl (C=O) groups is 2. The molecule has 0 aliphatic rings. The third kappa shape index (κ3) is 4.37. The molecule has 5 heteroatoms. The third-order valence-electron chi connectivity index (χ3n) is 2.27. The van der Waals surface area contributed by atoms with Crippen molar-refractivity contribution in [1.82, 2.24) is 4.90 Å². The lowest BCUT2D eigenvalue weighted by molar-refractivity contribution is -0.143. The quantitative estimate of drug-likeness (QED) is 0.779. The Hall–Kier alpha value is -2.17. The lowest BCUT2D eigenvalue weighted by Gasteiger charge is -2.18. The highest BCUT2D eigenvalue weighted by atomic mass is 19.1. The molecule has 4 nitrogen and oxygen atoms in total. The maximum atomic E-state index is 12.9. The van der Waals surface area contributed by atoms with E-state index in [-0.39, 0.29) is 25.4 Å². The average molecular weight is 251 g/mol. The van der Waals surface area contributed by atoms with Gasteiger partial charge in [-0.05, 0) is 17.7 Å². The van der Waals surface area contributed by atoms with E-state index in [1.54, 1.807) is 6.07 Å². The molecule has 0 saturated carbocycles. The fourth-order valence-corrected chi connectivity index (χ4v) is 1.51. The van der Waals surface area contributed by atoms with Gasteiger partial charge in [0.15, 0.2) is 0 Å². The maximum Gasteiger partial charge on any atom is 0.323 e. The van der Waals surface area contributed by atoms with Gasteiger partial charge in [-0.25, -0.2) is 4.39 Å². The predicted molar refractivity (Wildman–Crippen MR) is 64.5 cm³/mol. The first kappa shape index (κ1) is 13.9. The minimum Gasteiger partial charge on any atom is -0.480 e. The topological polar surface area (TPSA) is 57.6 Å². The summed E-state index contributed by atoms with van der Waals surface area (Å²) in [7, 11) is 0. The highest BCUT2D eigenvalue weighted by Crippen LogP contribution is 2.06. The zero-order chi connectivity index (χ0) is 13.5. The second kappa shape index (κ2) is 6.54. The number of hydrogen-bond acceptors (Lipinski definition) is 2. The number of benzene rings is 1. The zero-order valence-electron chi connectivity index (χ0n) is 9.80. The number of rotatable bonds is 6. The van der Waals surface area contributed by atoms with Crippen LogP contribution in [0.4, 0.5) is 4.39 Å². The van der Waals surface area contributed by atoms with Crippen molar-refractivity contribution in [2.75, 3.05) is 13.1 Å². The summed E-state index contributed by atoms with van der Waals surface area (Å²) in [6, 6.07) is 5.66. The van der Waals surface area contributed by atoms with Crippen LogP contribution in [-0.4, -0.2) is 35.0 Å². The van der Waals surface area contributed by atoms with Crippen LogP contribution in [0.3, 0.4) is 0 Å². The Morgan fingerprint density at radius 1 is 1.44 bits per heavy atom. The molecule has 0 heterocycles. The molecule has 1 aromatic carbocycles. The summed E-state index contributed by atoms with van der Waals surface area (Å²) < 4.78 is 12.9. The van der Waals surface area contributed by atoms with Crippen molar-refractivity contribution in [1.29, 1.82) is 0 Å². The lowest BCUT2D eigenvalue weighted by Crippen LogP contribution is -2.36. The van der Waals surface area contributed by atoms with Gasteiger partial charge in [-0.3, -0.25) is 9.59 Å². The van der Waals surface area contributed by atoms with Crippen LogP contribution in [0.2, 0.25) is 0 Å². The van der Waals surface area contributed by atoms with Gasteiger partial charge in [0.05, 0.1) is 6.42 Å². The number of halogens is 1. The highest BCUT2D eigenvalue weighted by molar-refractivity contribution is 5.83. The molecule has 1 aromatic rings. The van der Waals surface area contributed by atoms with Crippen LogP contribution in [0, 0.1) is 5.82 Å². The standard InChI is InChI=1S/C13H14FNO3/c1-2-6-15(9-13(17)18)12(16)8-10-4-3-5-11(14)7-10/h2-5,7H,1,6,8-9H2,(H,17,18). The van der Waals surface area contributed by atoms with Gasteiger partial charge in [-0.2, -0.15) is 0 Å². The second-order valence-corrected chi connectivity index (χ2v) is 3.76. The van der Waals surface area contributed by atoms with Gasteiger partial charge in [-0.15, -0.1) is 6.58 Å². The zero-order valence-corrected chi connectivity index (χ0v) is 9.80. The third-order valence-corrected chi connectivity index (χ3v) is 2.27. The Bertz CT molecular complexity index is 459. The number of carboxylic acids is 1. The lowest BCUT2D eigenvalue weighted by atomic mass is 10.1. The van der Waals surface area contributed by atoms with E-state index in [1.807, 2.05) is 0 Å². The van der Waals surface area contributed by atoms with Gasteiger partial charge in [0, 0.05) is 6.54 Å². The first-order valence-corrected chi connectivity index (χ1v) is 5.38. The predicted octanol–water partition coefficient (Wildman–Crippen LogP) is 1.47. The van der Waals surface area contributed by atoms with Crippen molar-refractivity contribution in [2.45, 2.75) is 6.42 Å². The van der Waals surface area contributed by atoms with Gasteiger partial charge in [0.2, 0.25) is 5.91 Å². The fraction of sp³-hybridized carbons (Fsp3) is 0.231. The number of nitrogens with zero attached hydrogens (tertiary/aromatic N) is 1. The number of amides is 1. The molecule has 0 saturated heterocycles. The van der Waals surface area contributed by atoms with Crippen LogP contribution in [0.5, 0.6) is 0 Å². The molecule has 0 atom stereocenters. The first-order valence-electron chi connectivity index (χ1n) is 5.38. The van der Waals surface area contributed by atoms with E-state index in [4.69, 9.17) is 5.11 Å². The van der Waals surface area contributed by atoms with Crippen molar-refractivity contribution in [3.05, 3.63) is 48.3 Å². The number of carbonyl (C=O) groups excluding carboxylic acids is 1. The largest absolute Gasteiger partial charge is 0.480 e. The Kier molecular flexibility index (Phi) is 5.05. The van der Waals surface area contributed by atoms with Crippen LogP contribution < -0.4 is 0 Å². The molecule has 0 fully saturated rings. The summed E-state index contributed by atoms with van der Waals surface area (Å²) >= 11 is 0. The molecule has 0 spiro atoms. The molecule has 0 aliphatic heterocycles. The van der Waals surface area contributed by atoms with Gasteiger partial charge in [0.1, 0.15) is 12.4 Å². The van der Waals surface area contributed by atoms with Crippen molar-refractivity contribution in [3.8, 4) is 0 Å². The molecule has 0 aliphatic carbocycles. The van der Waals surface area contributed by atoms with Crippen molar-refractivity contribution in [2.24, 2.45) is 0 Å². The summed E-state index contributed by atoms with van der Waals surface area (Å²) in [5.41, 5.74) is 0.513. The van der Waals surface area contributed by atoms with Gasteiger partial charge in [0.25, 0.3) is 0 Å². The second-order valence-electron chi connectivity index (χ2n) is 3.76. The number of aliphatic carboxylic acids is 1. The van der Waals surface area contributed by atoms with Crippen molar-refractivity contribution < 1.29 is 19.1 Å². The van der Waals surface area contributed by atoms with E-state index in [0.29, 0.717) is 5.56 Å². The summed E-state index contributed by atoms with van der Waals surface area (Å²) in [5, 5.41) is 8.68. The van der Waals surface area contributed by atoms with Crippen molar-refractivity contribution in [3.63, 3.8) is 0 Å². The summed E-state index contributed by atoms with van der Waals surface area (Å²) in [4.78, 5) is 23.6. The molecule has 0 radical (unpaired) electrons. The molecule has 1 rings (SSSR count). The van der Waals surface area contributed by atoms with Gasteiger partial charge >= 0.3 is 5.97 Å². The SMILES string of the molecule is C=CCN(CC(=O)O)C(=O)Cc1cccc(F)c1. The molecule has 0 aromatic heterocycles. The minimum absolute atomic E-state index is 0.0289. The van der Waals surface area contributed by atoms with Crippen LogP contribution in [0.15, 0.2) is 36.9 Å². The summed E-state index contributed by atoms with van der Waals surface area (Å²) in [5.74, 6) is -1.89. The first-order chi connectivity index (χ1) is 8.52. The molecule has 96 valence electrons. The van der Waals surface area contributed by atoms with Crippen LogP contribution in [-0.2, 0) is 16.0 Å². The van der Waals surface area contributed by atoms with E-state index < -0.39 is 11.8 Å². The normalized spacial score (nSPS) is 9.83. The summed E-state index contributed by atoms with van der Waals surface area (Å²) in [6.45, 7) is 3.23. The van der Waals surface area contributed by atoms with Gasteiger partial charge < -0.3 is 10.0 Å². The number of carboxylic acid groups (broad SMARTS) is 1. The molecule has 1 amide bonds. The Morgan fingerprint density at radius 3 is 2.72 bits per heavy atom. The fourth-order valence-electron chi connectivity index (χ4n) is 1.51. The van der Waals surface area contributed by atoms with Crippen LogP contribution in [0.1, 0.15) is 5.56 Å². The van der Waals surface area contributed by atoms with E-state index in [1.165, 1.54) is 24.3 Å². The number of hydrogen-bond donors (Lipinski definition) is 1. The molecule has 1 N–H and O–H groups in total. The van der Waals surface area contributed by atoms with Crippen LogP contribution >= 0.6 is 0 Å². The molecule has 0 bridgehead atoms. The molecular formula is C13H14FNO3. The Labute approximate surface area is 104 Å². The monoisotopic (exact) mass is 251 g/mol. The highest BCUT2D eigenvalue weighted by Gasteiger charge is 2.15. The maximum absolute atomic E-state index is 12.9. The van der Waals surface area contributed by atoms with E-state index >= 15 is 0 Å². The summed E-state index contributed by atoms with van der Waals surface area (Å²) in [6.07, 6.45) is 1.42. The Balaban J connectivity index is 2.71. The van der Waals surface area contributed by atoms with Crippen molar-refractivity contribution >= 4 is 11.9 Å². The minimum atomic E-state index is -1.09. The Morgan fingerprint density at radius 2 is 2.17 bits per heavy atom. The van der Waals surface area contributed by atoms with E-state index in [2.05, 4.69) is 6.58 Å². The van der Waals surface area contributed by atoms with E-state index in [9.17, 15) is 14.0 Å². The molecule has 0 unspecified atom stereocenters. The van der Waals surface area contributed by atoms with Crippen LogP contribution in [0.25, 0.3) is 0 Å². The molecule has 18 heavy (non-hydrogen) atoms. The molecular weight excluding hydrogens is 237 g/mol. The average Bonchev–Trinajstić information content (AvgIpc) is 2.27. The van der Waals surface area contributed by atoms with E-state index in [0.717, 1.165) is 4.90 Å². The van der Waals surface area contributed by atoms with Gasteiger partial charge in [-0.1, -0.05) is 18.2 Å². The smallest absolute Gasteiger partial charge is 0.323 e.